The van der Waals surface area contributed by atoms with Crippen LogP contribution in [-0.4, -0.2) is 28.3 Å². The number of aromatic nitrogens is 1. The van der Waals surface area contributed by atoms with E-state index < -0.39 is 11.7 Å². The molecular formula is C27H27ClN2O4S. The second kappa shape index (κ2) is 8.66. The third-order valence-corrected chi connectivity index (χ3v) is 7.73. The molecule has 2 heterocycles. The molecule has 6 nitrogen and oxygen atoms in total. The number of aliphatic hydroxyl groups excluding tert-OH is 1. The van der Waals surface area contributed by atoms with E-state index in [2.05, 4.69) is 22.4 Å². The Balaban J connectivity index is 1.52. The lowest BCUT2D eigenvalue weighted by Gasteiger charge is -2.22. The van der Waals surface area contributed by atoms with Gasteiger partial charge in [-0.25, -0.2) is 4.79 Å². The van der Waals surface area contributed by atoms with E-state index in [4.69, 9.17) is 16.3 Å². The fraction of sp³-hybridized carbons (Fsp3) is 0.333. The number of carbonyl (C=O) groups is 1. The highest BCUT2D eigenvalue weighted by atomic mass is 35.5. The lowest BCUT2D eigenvalue weighted by Crippen LogP contribution is -2.37. The average Bonchev–Trinajstić information content (AvgIpc) is 3.43. The van der Waals surface area contributed by atoms with Gasteiger partial charge in [-0.3, -0.25) is 4.79 Å². The summed E-state index contributed by atoms with van der Waals surface area (Å²) in [6.45, 7) is 5.88. The molecule has 0 aliphatic heterocycles. The molecule has 0 unspecified atom stereocenters. The average molecular weight is 511 g/mol. The van der Waals surface area contributed by atoms with Crippen LogP contribution in [0.5, 0.6) is 0 Å². The molecule has 35 heavy (non-hydrogen) atoms. The predicted octanol–water partition coefficient (Wildman–Crippen LogP) is 6.11. The zero-order chi connectivity index (χ0) is 25.0. The minimum atomic E-state index is -0.535. The van der Waals surface area contributed by atoms with Gasteiger partial charge in [-0.1, -0.05) is 35.9 Å². The summed E-state index contributed by atoms with van der Waals surface area (Å²) in [5.41, 5.74) is 3.40. The number of benzene rings is 2. The largest absolute Gasteiger partial charge is 0.444 e. The molecule has 0 bridgehead atoms. The maximum Gasteiger partial charge on any atom is 0.407 e. The van der Waals surface area contributed by atoms with Crippen LogP contribution < -0.4 is 10.9 Å². The Kier molecular flexibility index (Phi) is 5.90. The number of H-pyrrole nitrogens is 1. The predicted molar refractivity (Wildman–Crippen MR) is 141 cm³/mol. The normalized spacial score (nSPS) is 14.9. The van der Waals surface area contributed by atoms with Crippen LogP contribution in [0.1, 0.15) is 44.7 Å². The minimum Gasteiger partial charge on any atom is -0.444 e. The Labute approximate surface area is 211 Å². The summed E-state index contributed by atoms with van der Waals surface area (Å²) < 4.78 is 6.01. The van der Waals surface area contributed by atoms with Crippen LogP contribution in [0.4, 0.5) is 4.79 Å². The number of halogens is 1. The van der Waals surface area contributed by atoms with Crippen molar-refractivity contribution in [3.8, 4) is 11.1 Å². The van der Waals surface area contributed by atoms with Gasteiger partial charge in [0.2, 0.25) is 0 Å². The number of pyridine rings is 1. The SMILES string of the molecule is CC(C)(C)OC(=O)NCC1(c2ccc(-c3c(CO)cc(Cl)c4[nH]c(=O)c5sccc5c34)cc2)CC1. The maximum absolute atomic E-state index is 12.6. The van der Waals surface area contributed by atoms with Crippen molar-refractivity contribution in [2.45, 2.75) is 51.2 Å². The third-order valence-electron chi connectivity index (χ3n) is 6.52. The molecule has 1 amide bonds. The molecule has 1 aliphatic carbocycles. The first-order chi connectivity index (χ1) is 16.6. The number of aliphatic hydroxyl groups is 1. The fourth-order valence-corrected chi connectivity index (χ4v) is 5.73. The summed E-state index contributed by atoms with van der Waals surface area (Å²) in [6.07, 6.45) is 1.57. The van der Waals surface area contributed by atoms with Gasteiger partial charge in [0.1, 0.15) is 10.3 Å². The number of ether oxygens (including phenoxy) is 1. The molecule has 182 valence electrons. The summed E-state index contributed by atoms with van der Waals surface area (Å²) in [5.74, 6) is 0. The summed E-state index contributed by atoms with van der Waals surface area (Å²) >= 11 is 7.89. The number of thiophene rings is 1. The molecule has 2 aromatic carbocycles. The van der Waals surface area contributed by atoms with Crippen LogP contribution >= 0.6 is 22.9 Å². The van der Waals surface area contributed by atoms with Gasteiger partial charge >= 0.3 is 6.09 Å². The topological polar surface area (TPSA) is 91.4 Å². The monoisotopic (exact) mass is 510 g/mol. The van der Waals surface area contributed by atoms with Crippen molar-refractivity contribution in [1.29, 1.82) is 0 Å². The Hall–Kier alpha value is -2.87. The number of hydrogen-bond acceptors (Lipinski definition) is 5. The molecule has 5 rings (SSSR count). The molecule has 0 atom stereocenters. The van der Waals surface area contributed by atoms with E-state index in [1.807, 2.05) is 44.4 Å². The number of aromatic amines is 1. The van der Waals surface area contributed by atoms with E-state index in [0.29, 0.717) is 27.3 Å². The Morgan fingerprint density at radius 2 is 1.94 bits per heavy atom. The van der Waals surface area contributed by atoms with Gasteiger partial charge in [0.15, 0.2) is 0 Å². The van der Waals surface area contributed by atoms with Crippen molar-refractivity contribution in [2.75, 3.05) is 6.54 Å². The summed E-state index contributed by atoms with van der Waals surface area (Å²) in [6, 6.07) is 11.9. The van der Waals surface area contributed by atoms with E-state index in [0.717, 1.165) is 40.3 Å². The number of hydrogen-bond donors (Lipinski definition) is 3. The van der Waals surface area contributed by atoms with Crippen molar-refractivity contribution in [1.82, 2.24) is 10.3 Å². The molecule has 0 saturated heterocycles. The number of alkyl carbamates (subject to hydrolysis) is 1. The number of rotatable bonds is 5. The Morgan fingerprint density at radius 3 is 2.57 bits per heavy atom. The van der Waals surface area contributed by atoms with Crippen molar-refractivity contribution < 1.29 is 14.6 Å². The van der Waals surface area contributed by atoms with Crippen LogP contribution in [0.15, 0.2) is 46.6 Å². The summed E-state index contributed by atoms with van der Waals surface area (Å²) in [5, 5.41) is 17.0. The molecular weight excluding hydrogens is 484 g/mol. The highest BCUT2D eigenvalue weighted by Gasteiger charge is 2.44. The first-order valence-corrected chi connectivity index (χ1v) is 12.8. The van der Waals surface area contributed by atoms with Gasteiger partial charge in [-0.2, -0.15) is 0 Å². The summed E-state index contributed by atoms with van der Waals surface area (Å²) in [7, 11) is 0. The Bertz CT molecular complexity index is 1490. The first kappa shape index (κ1) is 23.9. The molecule has 1 aliphatic rings. The highest BCUT2D eigenvalue weighted by molar-refractivity contribution is 7.17. The number of amides is 1. The van der Waals surface area contributed by atoms with Crippen LogP contribution in [0.2, 0.25) is 5.02 Å². The minimum absolute atomic E-state index is 0.0941. The van der Waals surface area contributed by atoms with Crippen LogP contribution in [0.25, 0.3) is 32.1 Å². The second-order valence-electron chi connectivity index (χ2n) is 10.1. The molecule has 2 aromatic heterocycles. The van der Waals surface area contributed by atoms with E-state index in [-0.39, 0.29) is 17.6 Å². The van der Waals surface area contributed by atoms with Gasteiger partial charge in [-0.15, -0.1) is 11.3 Å². The molecule has 4 aromatic rings. The van der Waals surface area contributed by atoms with Crippen molar-refractivity contribution in [3.05, 3.63) is 68.3 Å². The van der Waals surface area contributed by atoms with Gasteiger partial charge in [0.25, 0.3) is 5.56 Å². The number of nitrogens with one attached hydrogen (secondary N) is 2. The number of fused-ring (bicyclic) bond motifs is 3. The van der Waals surface area contributed by atoms with Crippen LogP contribution in [0.3, 0.4) is 0 Å². The van der Waals surface area contributed by atoms with Gasteiger partial charge in [0, 0.05) is 22.7 Å². The van der Waals surface area contributed by atoms with Crippen molar-refractivity contribution in [3.63, 3.8) is 0 Å². The molecule has 1 saturated carbocycles. The molecule has 0 spiro atoms. The Morgan fingerprint density at radius 1 is 1.23 bits per heavy atom. The zero-order valence-electron chi connectivity index (χ0n) is 19.8. The maximum atomic E-state index is 12.6. The van der Waals surface area contributed by atoms with E-state index >= 15 is 0 Å². The quantitative estimate of drug-likeness (QED) is 0.302. The highest BCUT2D eigenvalue weighted by Crippen LogP contribution is 2.48. The van der Waals surface area contributed by atoms with Gasteiger partial charge in [-0.05, 0) is 73.4 Å². The fourth-order valence-electron chi connectivity index (χ4n) is 4.66. The van der Waals surface area contributed by atoms with Gasteiger partial charge < -0.3 is 20.1 Å². The third kappa shape index (κ3) is 4.44. The van der Waals surface area contributed by atoms with Crippen LogP contribution in [-0.2, 0) is 16.8 Å². The van der Waals surface area contributed by atoms with Gasteiger partial charge in [0.05, 0.1) is 17.1 Å². The van der Waals surface area contributed by atoms with E-state index in [1.165, 1.54) is 11.3 Å². The summed E-state index contributed by atoms with van der Waals surface area (Å²) in [4.78, 5) is 27.6. The molecule has 1 fully saturated rings. The standard InChI is InChI=1S/C27H27ClN2O4S/c1-26(2,3)34-25(33)29-14-27(9-10-27)17-6-4-15(5-7-17)20-16(13-31)12-19(28)22-21(20)18-8-11-35-23(18)24(32)30-22/h4-8,11-12,31H,9-10,13-14H2,1-3H3,(H,29,33)(H,30,32). The molecule has 8 heteroatoms. The lowest BCUT2D eigenvalue weighted by atomic mass is 9.90. The molecule has 0 radical (unpaired) electrons. The van der Waals surface area contributed by atoms with Crippen molar-refractivity contribution >= 4 is 50.0 Å². The van der Waals surface area contributed by atoms with Crippen LogP contribution in [0, 0.1) is 0 Å². The smallest absolute Gasteiger partial charge is 0.407 e. The number of carbonyl (C=O) groups excluding carboxylic acids is 1. The van der Waals surface area contributed by atoms with E-state index in [9.17, 15) is 14.7 Å². The molecule has 3 N–H and O–H groups in total. The van der Waals surface area contributed by atoms with Crippen molar-refractivity contribution in [2.24, 2.45) is 0 Å². The first-order valence-electron chi connectivity index (χ1n) is 11.6. The second-order valence-corrected chi connectivity index (χ2v) is 11.5. The zero-order valence-corrected chi connectivity index (χ0v) is 21.4. The lowest BCUT2D eigenvalue weighted by molar-refractivity contribution is 0.0522. The van der Waals surface area contributed by atoms with E-state index in [1.54, 1.807) is 6.07 Å².